The van der Waals surface area contributed by atoms with Crippen molar-refractivity contribution in [2.24, 2.45) is 0 Å². The van der Waals surface area contributed by atoms with E-state index in [1.165, 1.54) is 55.6 Å². The second-order valence-electron chi connectivity index (χ2n) is 40.8. The molecule has 6 aliphatic rings. The van der Waals surface area contributed by atoms with E-state index in [1.54, 1.807) is 4.57 Å². The first-order valence-electron chi connectivity index (χ1n) is 50.4. The molecule has 632 valence electrons. The first kappa shape index (κ1) is 71.0. The summed E-state index contributed by atoms with van der Waals surface area (Å²) in [5, 5.41) is -0.0482. The van der Waals surface area contributed by atoms with Crippen LogP contribution < -0.4 is 52.2 Å². The van der Waals surface area contributed by atoms with Crippen LogP contribution in [0.3, 0.4) is 0 Å². The van der Waals surface area contributed by atoms with Crippen molar-refractivity contribution in [2.45, 2.75) is 110 Å². The Morgan fingerprint density at radius 3 is 1.11 bits per heavy atom. The third-order valence-corrected chi connectivity index (χ3v) is 29.0. The van der Waals surface area contributed by atoms with Gasteiger partial charge in [0.15, 0.2) is 0 Å². The molecule has 19 aromatic rings. The fraction of sp³-hybridized carbons (Fsp3) is 0.136. The van der Waals surface area contributed by atoms with Gasteiger partial charge in [0, 0.05) is 78.9 Å². The van der Waals surface area contributed by atoms with Crippen molar-refractivity contribution in [3.05, 3.63) is 433 Å². The Morgan fingerprint density at radius 1 is 0.265 bits per heavy atom. The molecule has 25 rings (SSSR count). The topological polar surface area (TPSA) is 23.9 Å². The van der Waals surface area contributed by atoms with Gasteiger partial charge in [0.05, 0.1) is 44.5 Å². The van der Waals surface area contributed by atoms with Gasteiger partial charge >= 0.3 is 0 Å². The van der Waals surface area contributed by atoms with E-state index < -0.39 is 72.6 Å². The normalized spacial score (nSPS) is 14.8. The van der Waals surface area contributed by atoms with E-state index in [-0.39, 0.29) is 38.1 Å². The molecular weight excluding hydrogens is 1600 g/mol. The number of hydrogen-bond donors (Lipinski definition) is 0. The van der Waals surface area contributed by atoms with E-state index in [4.69, 9.17) is 4.74 Å². The lowest BCUT2D eigenvalue weighted by molar-refractivity contribution is 0.488. The highest BCUT2D eigenvalue weighted by Gasteiger charge is 2.55. The third kappa shape index (κ3) is 11.8. The summed E-state index contributed by atoms with van der Waals surface area (Å²) in [5.41, 5.74) is 36.5. The number of rotatable bonds is 9. The zero-order chi connectivity index (χ0) is 96.3. The minimum Gasteiger partial charge on any atom is -0.458 e. The molecule has 0 radical (unpaired) electrons. The van der Waals surface area contributed by atoms with Crippen LogP contribution in [0.4, 0.5) is 51.2 Å². The van der Waals surface area contributed by atoms with Crippen molar-refractivity contribution < 1.29 is 15.7 Å². The molecular formula is C125H100B2N4O. The Bertz CT molecular complexity index is 8290. The van der Waals surface area contributed by atoms with Crippen LogP contribution in [0, 0.1) is 0 Å². The lowest BCUT2D eigenvalue weighted by Gasteiger charge is -2.47. The van der Waals surface area contributed by atoms with Crippen molar-refractivity contribution >= 4 is 119 Å². The van der Waals surface area contributed by atoms with Crippen LogP contribution in [-0.2, 0) is 27.1 Å². The van der Waals surface area contributed by atoms with E-state index in [1.807, 2.05) is 0 Å². The zero-order valence-electron chi connectivity index (χ0n) is 84.2. The summed E-state index contributed by atoms with van der Waals surface area (Å²) in [4.78, 5) is 7.48. The molecule has 0 fully saturated rings. The quantitative estimate of drug-likeness (QED) is 0.134. The van der Waals surface area contributed by atoms with Gasteiger partial charge < -0.3 is 24.0 Å². The van der Waals surface area contributed by atoms with Gasteiger partial charge in [-0.2, -0.15) is 0 Å². The summed E-state index contributed by atoms with van der Waals surface area (Å²) in [7, 11) is 0. The molecule has 1 spiro atoms. The summed E-state index contributed by atoms with van der Waals surface area (Å²) >= 11 is 0. The molecule has 0 saturated carbocycles. The number of anilines is 9. The molecule has 0 bridgehead atoms. The number of fused-ring (bicyclic) bond motifs is 21. The Hall–Kier alpha value is -14.9. The maximum absolute atomic E-state index is 10.4. The number of benzene rings is 18. The number of ether oxygens (including phenoxy) is 1. The molecule has 0 unspecified atom stereocenters. The monoisotopic (exact) mass is 1700 g/mol. The van der Waals surface area contributed by atoms with Crippen LogP contribution >= 0.6 is 0 Å². The summed E-state index contributed by atoms with van der Waals surface area (Å²) < 4.78 is 89.5. The molecule has 4 aliphatic heterocycles. The smallest absolute Gasteiger partial charge is 0.256 e. The zero-order valence-corrected chi connectivity index (χ0v) is 76.2. The van der Waals surface area contributed by atoms with Crippen molar-refractivity contribution in [3.63, 3.8) is 0 Å². The molecule has 132 heavy (non-hydrogen) atoms. The third-order valence-electron chi connectivity index (χ3n) is 29.0. The largest absolute Gasteiger partial charge is 0.458 e. The maximum atomic E-state index is 10.4. The van der Waals surface area contributed by atoms with Crippen LogP contribution in [-0.4, -0.2) is 18.0 Å². The van der Waals surface area contributed by atoms with Gasteiger partial charge in [0.25, 0.3) is 13.4 Å². The van der Waals surface area contributed by atoms with Crippen molar-refractivity contribution in [3.8, 4) is 95.1 Å². The fourth-order valence-corrected chi connectivity index (χ4v) is 22.8. The highest BCUT2D eigenvalue weighted by molar-refractivity contribution is 7.02. The maximum Gasteiger partial charge on any atom is 0.256 e. The SMILES string of the molecule is [2H]c1c([2H])c([2H])c2c(c1[2H])c1c([2H])c([2H])c([2H])c([2H])c1n2-c1cc2c3c(c1)N(c1c(-c4ccccc4)cc(C(C)(C)C)cc1-c1ccccc1)c1cc4c(cc1B3c1ccccc1N2c1c(-c2ccccc2)cc(C(C)(C)C)cc1-c1ccccc1)B1c2ccccc2N(c2cc(C(C)(C)C)cc(C(C)(C)C)c2)c2cc(-c3cccc5c3C3(c6ccccc6-c6ccccc63)c3ccccc3-5)cc(c21)O4. The van der Waals surface area contributed by atoms with Crippen LogP contribution in [0.2, 0.25) is 0 Å². The Labute approximate surface area is 787 Å². The van der Waals surface area contributed by atoms with E-state index in [9.17, 15) is 11.0 Å². The predicted molar refractivity (Wildman–Crippen MR) is 559 cm³/mol. The second kappa shape index (κ2) is 29.0. The molecule has 5 nitrogen and oxygen atoms in total. The molecule has 0 N–H and O–H groups in total. The standard InChI is InChI=1S/C125H100B2N4O/c1-121(2,3)82-66-83(122(4,5)6)68-86(67-82)129-108-62-37-33-58-102(108)127-105-75-104-110(76-114(105)132-115-65-81(64-111(129)118(115)127)88-53-39-54-94-91-50-27-32-57-101(91)125(116(88)94)99-55-30-25-48-89(99)90-49-26-31-56-100(90)125)131(120-97(79-44-21-15-22-45-79)71-85(124(10,11)12)72-98(120)80-46-23-16-24-47-80)113-74-87(128-106-60-35-28-51-92(106)93-52-29-36-61-107(93)128)73-112-117(113)126(104)103-59-34-38-63-109(103)130(112)119-95(77-40-17-13-18-41-77)69-84(123(7,8)9)70-96(119)78-42-19-14-20-43-78/h13-76H,1-12H3/i28D,29D,35D,36D,51D,52D,60D,61D. The Kier molecular flexibility index (Phi) is 15.6. The van der Waals surface area contributed by atoms with Gasteiger partial charge in [-0.1, -0.05) is 380 Å². The van der Waals surface area contributed by atoms with E-state index in [2.05, 4.69) is 438 Å². The van der Waals surface area contributed by atoms with Crippen LogP contribution in [0.25, 0.3) is 105 Å². The summed E-state index contributed by atoms with van der Waals surface area (Å²) in [5.74, 6) is 1.36. The lowest BCUT2D eigenvalue weighted by Crippen LogP contribution is -2.64. The van der Waals surface area contributed by atoms with Gasteiger partial charge in [-0.25, -0.2) is 0 Å². The van der Waals surface area contributed by atoms with Crippen LogP contribution in [0.1, 0.15) is 139 Å². The predicted octanol–water partition coefficient (Wildman–Crippen LogP) is 29.1. The molecule has 5 heterocycles. The van der Waals surface area contributed by atoms with Crippen LogP contribution in [0.5, 0.6) is 11.5 Å². The van der Waals surface area contributed by atoms with Gasteiger partial charge in [0.2, 0.25) is 0 Å². The Morgan fingerprint density at radius 2 is 0.644 bits per heavy atom. The van der Waals surface area contributed by atoms with E-state index in [0.29, 0.717) is 22.9 Å². The summed E-state index contributed by atoms with van der Waals surface area (Å²) in [6.45, 7) is 26.5. The van der Waals surface area contributed by atoms with E-state index >= 15 is 0 Å². The molecule has 18 aromatic carbocycles. The molecule has 0 amide bonds. The lowest BCUT2D eigenvalue weighted by atomic mass is 9.30. The highest BCUT2D eigenvalue weighted by Crippen LogP contribution is 2.66. The molecule has 0 saturated heterocycles. The molecule has 0 atom stereocenters. The number of aromatic nitrogens is 1. The first-order chi connectivity index (χ1) is 67.4. The summed E-state index contributed by atoms with van der Waals surface area (Å²) in [6.07, 6.45) is 0. The van der Waals surface area contributed by atoms with Crippen molar-refractivity contribution in [1.29, 1.82) is 0 Å². The van der Waals surface area contributed by atoms with Gasteiger partial charge in [-0.3, -0.25) is 0 Å². The number of para-hydroxylation sites is 4. The van der Waals surface area contributed by atoms with Crippen molar-refractivity contribution in [1.82, 2.24) is 4.57 Å². The summed E-state index contributed by atoms with van der Waals surface area (Å²) in [6, 6.07) is 122. The average Bonchev–Trinajstić information content (AvgIpc) is 1.63. The minimum absolute atomic E-state index is 0.00182. The molecule has 2 aliphatic carbocycles. The second-order valence-corrected chi connectivity index (χ2v) is 40.8. The van der Waals surface area contributed by atoms with Gasteiger partial charge in [-0.05, 0) is 239 Å². The van der Waals surface area contributed by atoms with Crippen molar-refractivity contribution in [2.75, 3.05) is 14.7 Å². The van der Waals surface area contributed by atoms with E-state index in [0.717, 1.165) is 145 Å². The van der Waals surface area contributed by atoms with Crippen LogP contribution in [0.15, 0.2) is 388 Å². The van der Waals surface area contributed by atoms with Gasteiger partial charge in [-0.15, -0.1) is 0 Å². The molecule has 7 heteroatoms. The number of hydrogen-bond acceptors (Lipinski definition) is 4. The Balaban J connectivity index is 0.854. The highest BCUT2D eigenvalue weighted by atomic mass is 16.5. The fourth-order valence-electron chi connectivity index (χ4n) is 22.8. The average molecular weight is 1700 g/mol. The molecule has 1 aromatic heterocycles. The van der Waals surface area contributed by atoms with Gasteiger partial charge in [0.1, 0.15) is 11.5 Å². The number of nitrogens with zero attached hydrogens (tertiary/aromatic N) is 4. The minimum atomic E-state index is -0.718. The first-order valence-corrected chi connectivity index (χ1v) is 46.4.